The summed E-state index contributed by atoms with van der Waals surface area (Å²) in [5.74, 6) is 2.37. The van der Waals surface area contributed by atoms with Gasteiger partial charge in [0.05, 0.1) is 11.2 Å². The van der Waals surface area contributed by atoms with Gasteiger partial charge in [-0.3, -0.25) is 0 Å². The van der Waals surface area contributed by atoms with Gasteiger partial charge in [-0.25, -0.2) is 0 Å². The third-order valence-electron chi connectivity index (χ3n) is 1.21. The number of aliphatic hydroxyl groups is 1. The van der Waals surface area contributed by atoms with Crippen molar-refractivity contribution in [2.24, 2.45) is 5.73 Å². The van der Waals surface area contributed by atoms with Gasteiger partial charge in [0.2, 0.25) is 0 Å². The maximum absolute atomic E-state index is 8.64. The van der Waals surface area contributed by atoms with E-state index in [9.17, 15) is 0 Å². The minimum Gasteiger partial charge on any atom is -0.395 e. The molecule has 3 N–H and O–H groups in total. The summed E-state index contributed by atoms with van der Waals surface area (Å²) < 4.78 is 0.440. The van der Waals surface area contributed by atoms with Crippen LogP contribution in [0.15, 0.2) is 0 Å². The van der Waals surface area contributed by atoms with Crippen LogP contribution < -0.4 is 5.73 Å². The molecule has 0 aromatic heterocycles. The average Bonchev–Trinajstić information content (AvgIpc) is 2.37. The molecule has 1 rings (SSSR count). The Bertz CT molecular complexity index is 85.0. The van der Waals surface area contributed by atoms with Gasteiger partial charge in [-0.2, -0.15) is 0 Å². The van der Waals surface area contributed by atoms with E-state index in [4.69, 9.17) is 10.8 Å². The Balaban J connectivity index is 2.24. The number of hydrogen-bond donors (Lipinski definition) is 2. The lowest BCUT2D eigenvalue weighted by molar-refractivity contribution is 0.272. The molecule has 1 atom stereocenters. The lowest BCUT2D eigenvalue weighted by Gasteiger charge is -2.13. The van der Waals surface area contributed by atoms with Gasteiger partial charge >= 0.3 is 0 Å². The first-order valence-electron chi connectivity index (χ1n) is 2.94. The third kappa shape index (κ3) is 2.04. The summed E-state index contributed by atoms with van der Waals surface area (Å²) in [5, 5.41) is 8.64. The van der Waals surface area contributed by atoms with Crippen molar-refractivity contribution in [2.45, 2.75) is 10.6 Å². The van der Waals surface area contributed by atoms with Crippen molar-refractivity contribution in [1.29, 1.82) is 0 Å². The Morgan fingerprint density at radius 1 is 1.56 bits per heavy atom. The van der Waals surface area contributed by atoms with Gasteiger partial charge in [0.25, 0.3) is 0 Å². The maximum atomic E-state index is 8.64. The van der Waals surface area contributed by atoms with E-state index in [2.05, 4.69) is 0 Å². The first-order chi connectivity index (χ1) is 4.34. The summed E-state index contributed by atoms with van der Waals surface area (Å²) in [7, 11) is 0. The van der Waals surface area contributed by atoms with Gasteiger partial charge in [-0.05, 0) is 0 Å². The summed E-state index contributed by atoms with van der Waals surface area (Å²) >= 11 is 3.71. The molecule has 0 aromatic carbocycles. The Hall–Kier alpha value is 0.620. The topological polar surface area (TPSA) is 46.2 Å². The quantitative estimate of drug-likeness (QED) is 0.610. The van der Waals surface area contributed by atoms with E-state index < -0.39 is 0 Å². The average molecular weight is 165 g/mol. The van der Waals surface area contributed by atoms with Crippen LogP contribution in [0.1, 0.15) is 0 Å². The van der Waals surface area contributed by atoms with Crippen molar-refractivity contribution in [3.05, 3.63) is 0 Å². The molecule has 9 heavy (non-hydrogen) atoms. The molecule has 0 radical (unpaired) electrons. The van der Waals surface area contributed by atoms with E-state index >= 15 is 0 Å². The summed E-state index contributed by atoms with van der Waals surface area (Å²) in [6, 6.07) is -0.0255. The van der Waals surface area contributed by atoms with Crippen LogP contribution in [-0.2, 0) is 0 Å². The van der Waals surface area contributed by atoms with Crippen molar-refractivity contribution < 1.29 is 5.11 Å². The Morgan fingerprint density at radius 2 is 2.11 bits per heavy atom. The molecule has 0 spiro atoms. The molecule has 0 amide bonds. The number of hydrogen-bond acceptors (Lipinski definition) is 4. The Kier molecular flexibility index (Phi) is 3.18. The van der Waals surface area contributed by atoms with Crippen LogP contribution >= 0.6 is 23.5 Å². The zero-order valence-corrected chi connectivity index (χ0v) is 6.75. The van der Waals surface area contributed by atoms with Gasteiger partial charge in [0.15, 0.2) is 0 Å². The lowest BCUT2D eigenvalue weighted by Crippen LogP contribution is -2.32. The molecule has 1 fully saturated rings. The van der Waals surface area contributed by atoms with E-state index in [1.807, 2.05) is 23.5 Å². The largest absolute Gasteiger partial charge is 0.395 e. The van der Waals surface area contributed by atoms with E-state index in [1.165, 1.54) is 11.5 Å². The minimum atomic E-state index is -0.0255. The molecule has 0 aromatic rings. The van der Waals surface area contributed by atoms with Crippen LogP contribution in [0.2, 0.25) is 0 Å². The van der Waals surface area contributed by atoms with Crippen molar-refractivity contribution in [3.8, 4) is 0 Å². The molecule has 4 heteroatoms. The summed E-state index contributed by atoms with van der Waals surface area (Å²) in [4.78, 5) is 0. The summed E-state index contributed by atoms with van der Waals surface area (Å²) in [6.07, 6.45) is 0. The van der Waals surface area contributed by atoms with Gasteiger partial charge in [0, 0.05) is 17.5 Å². The molecule has 2 nitrogen and oxygen atoms in total. The monoisotopic (exact) mass is 165 g/mol. The zero-order chi connectivity index (χ0) is 6.69. The molecule has 1 aliphatic rings. The second kappa shape index (κ2) is 3.71. The second-order valence-electron chi connectivity index (χ2n) is 1.96. The highest BCUT2D eigenvalue weighted by atomic mass is 32.2. The molecule has 54 valence electrons. The predicted molar refractivity (Wildman–Crippen MR) is 43.8 cm³/mol. The molecule has 0 bridgehead atoms. The van der Waals surface area contributed by atoms with Gasteiger partial charge in [0.1, 0.15) is 0 Å². The number of rotatable bonds is 2. The van der Waals surface area contributed by atoms with E-state index in [0.717, 1.165) is 0 Å². The Morgan fingerprint density at radius 3 is 2.56 bits per heavy atom. The van der Waals surface area contributed by atoms with Crippen LogP contribution in [0.3, 0.4) is 0 Å². The second-order valence-corrected chi connectivity index (χ2v) is 4.75. The van der Waals surface area contributed by atoms with Crippen molar-refractivity contribution in [3.63, 3.8) is 0 Å². The molecular weight excluding hydrogens is 154 g/mol. The maximum Gasteiger partial charge on any atom is 0.0676 e. The molecule has 0 aliphatic carbocycles. The predicted octanol–water partition coefficient (Wildman–Crippen LogP) is 0.112. The van der Waals surface area contributed by atoms with Crippen LogP contribution in [0, 0.1) is 0 Å². The molecule has 1 saturated heterocycles. The molecule has 1 heterocycles. The number of aliphatic hydroxyl groups excluding tert-OH is 1. The van der Waals surface area contributed by atoms with Crippen molar-refractivity contribution >= 4 is 23.5 Å². The molecule has 0 saturated carbocycles. The third-order valence-corrected chi connectivity index (χ3v) is 4.52. The van der Waals surface area contributed by atoms with Crippen molar-refractivity contribution in [2.75, 3.05) is 18.1 Å². The van der Waals surface area contributed by atoms with Crippen LogP contribution in [0.4, 0.5) is 0 Å². The lowest BCUT2D eigenvalue weighted by atomic mass is 10.4. The highest BCUT2D eigenvalue weighted by Crippen LogP contribution is 2.33. The molecule has 1 unspecified atom stereocenters. The van der Waals surface area contributed by atoms with Gasteiger partial charge in [-0.1, -0.05) is 0 Å². The SMILES string of the molecule is NC(CO)C1SCCS1. The van der Waals surface area contributed by atoms with E-state index in [0.29, 0.717) is 4.58 Å². The summed E-state index contributed by atoms with van der Waals surface area (Å²) in [6.45, 7) is 0.116. The summed E-state index contributed by atoms with van der Waals surface area (Å²) in [5.41, 5.74) is 5.59. The minimum absolute atomic E-state index is 0.0255. The first-order valence-corrected chi connectivity index (χ1v) is 5.04. The zero-order valence-electron chi connectivity index (χ0n) is 5.12. The van der Waals surface area contributed by atoms with Gasteiger partial charge in [-0.15, -0.1) is 23.5 Å². The highest BCUT2D eigenvalue weighted by Gasteiger charge is 2.21. The van der Waals surface area contributed by atoms with E-state index in [1.54, 1.807) is 0 Å². The fourth-order valence-electron chi connectivity index (χ4n) is 0.710. The smallest absolute Gasteiger partial charge is 0.0676 e. The van der Waals surface area contributed by atoms with Crippen LogP contribution in [-0.4, -0.2) is 33.8 Å². The molecule has 1 aliphatic heterocycles. The molecular formula is C5H11NOS2. The fraction of sp³-hybridized carbons (Fsp3) is 1.00. The first kappa shape index (κ1) is 7.72. The van der Waals surface area contributed by atoms with E-state index in [-0.39, 0.29) is 12.6 Å². The normalized spacial score (nSPS) is 24.7. The van der Waals surface area contributed by atoms with Crippen molar-refractivity contribution in [1.82, 2.24) is 0 Å². The highest BCUT2D eigenvalue weighted by molar-refractivity contribution is 8.20. The number of nitrogens with two attached hydrogens (primary N) is 1. The van der Waals surface area contributed by atoms with Gasteiger partial charge < -0.3 is 10.8 Å². The van der Waals surface area contributed by atoms with Crippen LogP contribution in [0.25, 0.3) is 0 Å². The fourth-order valence-corrected chi connectivity index (χ4v) is 3.57. The van der Waals surface area contributed by atoms with Crippen LogP contribution in [0.5, 0.6) is 0 Å². The Labute approximate surface area is 63.6 Å². The number of thioether (sulfide) groups is 2. The standard InChI is InChI=1S/C5H11NOS2/c6-4(3-7)5-8-1-2-9-5/h4-5,7H,1-3,6H2.